The monoisotopic (exact) mass is 579 g/mol. The predicted molar refractivity (Wildman–Crippen MR) is 186 cm³/mol. The van der Waals surface area contributed by atoms with Crippen molar-refractivity contribution in [2.24, 2.45) is 0 Å². The van der Waals surface area contributed by atoms with Crippen LogP contribution in [0, 0.1) is 0 Å². The van der Waals surface area contributed by atoms with Crippen molar-refractivity contribution in [2.45, 2.75) is 0 Å². The number of hydrogen-bond acceptors (Lipinski definition) is 3. The van der Waals surface area contributed by atoms with E-state index in [1.54, 1.807) is 0 Å². The third-order valence-electron chi connectivity index (χ3n) is 8.39. The lowest BCUT2D eigenvalue weighted by Crippen LogP contribution is -1.99. The zero-order valence-corrected chi connectivity index (χ0v) is 24.5. The Bertz CT molecular complexity index is 2420. The second kappa shape index (κ2) is 10.0. The van der Waals surface area contributed by atoms with Crippen molar-refractivity contribution in [2.75, 3.05) is 0 Å². The summed E-state index contributed by atoms with van der Waals surface area (Å²) in [4.78, 5) is 10.5. The highest BCUT2D eigenvalue weighted by molar-refractivity contribution is 7.26. The molecule has 0 aliphatic heterocycles. The van der Waals surface area contributed by atoms with Gasteiger partial charge in [-0.2, -0.15) is 0 Å². The van der Waals surface area contributed by atoms with Crippen molar-refractivity contribution < 1.29 is 0 Å². The van der Waals surface area contributed by atoms with Gasteiger partial charge in [0.15, 0.2) is 0 Å². The maximum Gasteiger partial charge on any atom is 0.0971 e. The number of pyridine rings is 2. The summed E-state index contributed by atoms with van der Waals surface area (Å²) in [6, 6.07) is 53.4. The van der Waals surface area contributed by atoms with Gasteiger partial charge in [0, 0.05) is 42.2 Å². The molecule has 9 rings (SSSR count). The molecule has 0 bridgehead atoms. The van der Waals surface area contributed by atoms with Crippen molar-refractivity contribution >= 4 is 53.4 Å². The van der Waals surface area contributed by atoms with Crippen LogP contribution < -0.4 is 0 Å². The van der Waals surface area contributed by atoms with Crippen LogP contribution in [0.25, 0.3) is 81.6 Å². The highest BCUT2D eigenvalue weighted by Gasteiger charge is 2.21. The summed E-state index contributed by atoms with van der Waals surface area (Å²) >= 11 is 1.84. The molecule has 206 valence electrons. The van der Waals surface area contributed by atoms with E-state index in [9.17, 15) is 0 Å². The summed E-state index contributed by atoms with van der Waals surface area (Å²) in [6.45, 7) is 0. The van der Waals surface area contributed by atoms with Gasteiger partial charge in [-0.05, 0) is 42.5 Å². The minimum atomic E-state index is 0.938. The highest BCUT2D eigenvalue weighted by atomic mass is 32.1. The molecule has 4 heterocycles. The molecule has 4 heteroatoms. The van der Waals surface area contributed by atoms with E-state index in [-0.39, 0.29) is 0 Å². The number of rotatable bonds is 4. The average Bonchev–Trinajstić information content (AvgIpc) is 3.64. The van der Waals surface area contributed by atoms with Crippen LogP contribution in [0.1, 0.15) is 0 Å². The van der Waals surface area contributed by atoms with E-state index in [0.29, 0.717) is 0 Å². The zero-order chi connectivity index (χ0) is 29.0. The summed E-state index contributed by atoms with van der Waals surface area (Å²) in [7, 11) is 0. The molecule has 9 aromatic rings. The molecule has 5 aromatic carbocycles. The first kappa shape index (κ1) is 25.0. The van der Waals surface area contributed by atoms with Gasteiger partial charge < -0.3 is 4.57 Å². The van der Waals surface area contributed by atoms with E-state index < -0.39 is 0 Å². The Morgan fingerprint density at radius 1 is 0.455 bits per heavy atom. The fourth-order valence-electron chi connectivity index (χ4n) is 6.37. The number of fused-ring (bicyclic) bond motifs is 7. The molecule has 0 saturated heterocycles. The van der Waals surface area contributed by atoms with E-state index in [2.05, 4.69) is 138 Å². The number of thiophene rings is 1. The maximum absolute atomic E-state index is 5.32. The number of aromatic nitrogens is 3. The van der Waals surface area contributed by atoms with Crippen LogP contribution >= 0.6 is 11.3 Å². The lowest BCUT2D eigenvalue weighted by Gasteiger charge is -2.14. The summed E-state index contributed by atoms with van der Waals surface area (Å²) in [5.41, 5.74) is 10.4. The second-order valence-electron chi connectivity index (χ2n) is 11.0. The van der Waals surface area contributed by atoms with E-state index in [1.165, 1.54) is 25.7 Å². The highest BCUT2D eigenvalue weighted by Crippen LogP contribution is 2.43. The first-order valence-corrected chi connectivity index (χ1v) is 15.6. The Labute approximate surface area is 258 Å². The SMILES string of the molecule is c1ccc(-c2cc(-n3c4ccc(-c5ccccc5)nc4c4ccc5sc6ccccc6c5c43)cc(-c3ccccc3)n2)cc1. The first-order valence-electron chi connectivity index (χ1n) is 14.8. The Kier molecular flexibility index (Phi) is 5.68. The van der Waals surface area contributed by atoms with Crippen LogP contribution in [-0.2, 0) is 0 Å². The van der Waals surface area contributed by atoms with Crippen LogP contribution in [0.5, 0.6) is 0 Å². The van der Waals surface area contributed by atoms with Gasteiger partial charge in [-0.3, -0.25) is 0 Å². The van der Waals surface area contributed by atoms with Gasteiger partial charge in [0.2, 0.25) is 0 Å². The molecule has 0 aliphatic carbocycles. The summed E-state index contributed by atoms with van der Waals surface area (Å²) in [5, 5.41) is 3.68. The Morgan fingerprint density at radius 2 is 1.05 bits per heavy atom. The van der Waals surface area contributed by atoms with E-state index in [4.69, 9.17) is 9.97 Å². The van der Waals surface area contributed by atoms with Crippen molar-refractivity contribution in [3.63, 3.8) is 0 Å². The number of nitrogens with zero attached hydrogens (tertiary/aromatic N) is 3. The third-order valence-corrected chi connectivity index (χ3v) is 9.52. The van der Waals surface area contributed by atoms with E-state index in [1.807, 2.05) is 29.5 Å². The molecule has 0 amide bonds. The molecule has 0 unspecified atom stereocenters. The van der Waals surface area contributed by atoms with Crippen LogP contribution in [0.2, 0.25) is 0 Å². The Balaban J connectivity index is 1.43. The maximum atomic E-state index is 5.32. The number of benzene rings is 5. The number of hydrogen-bond donors (Lipinski definition) is 0. The smallest absolute Gasteiger partial charge is 0.0971 e. The molecule has 0 radical (unpaired) electrons. The van der Waals surface area contributed by atoms with Crippen molar-refractivity contribution in [3.05, 3.63) is 152 Å². The van der Waals surface area contributed by atoms with Crippen LogP contribution in [0.3, 0.4) is 0 Å². The van der Waals surface area contributed by atoms with Crippen LogP contribution in [0.15, 0.2) is 152 Å². The third kappa shape index (κ3) is 3.96. The molecule has 3 nitrogen and oxygen atoms in total. The Hall–Kier alpha value is -5.58. The largest absolute Gasteiger partial charge is 0.307 e. The van der Waals surface area contributed by atoms with E-state index >= 15 is 0 Å². The lowest BCUT2D eigenvalue weighted by atomic mass is 10.1. The molecule has 0 atom stereocenters. The quantitative estimate of drug-likeness (QED) is 0.208. The molecule has 0 fully saturated rings. The summed E-state index contributed by atoms with van der Waals surface area (Å²) in [6.07, 6.45) is 0. The molecule has 0 aliphatic rings. The zero-order valence-electron chi connectivity index (χ0n) is 23.7. The van der Waals surface area contributed by atoms with E-state index in [0.717, 1.165) is 55.9 Å². The standard InChI is InChI=1S/C40H25N3S/c1-4-12-26(13-5-1)32-21-22-35-39(42-32)31-20-23-37-38(30-18-10-11-19-36(30)44-37)40(31)43(35)29-24-33(27-14-6-2-7-15-27)41-34(25-29)28-16-8-3-9-17-28/h1-25H. The van der Waals surface area contributed by atoms with Gasteiger partial charge in [-0.1, -0.05) is 109 Å². The predicted octanol–water partition coefficient (Wildman–Crippen LogP) is 10.9. The fraction of sp³-hybridized carbons (Fsp3) is 0. The average molecular weight is 580 g/mol. The minimum Gasteiger partial charge on any atom is -0.307 e. The van der Waals surface area contributed by atoms with Crippen LogP contribution in [0.4, 0.5) is 0 Å². The molecule has 0 saturated carbocycles. The fourth-order valence-corrected chi connectivity index (χ4v) is 7.48. The molecule has 0 N–H and O–H groups in total. The van der Waals surface area contributed by atoms with Gasteiger partial charge in [0.25, 0.3) is 0 Å². The lowest BCUT2D eigenvalue weighted by molar-refractivity contribution is 1.16. The summed E-state index contributed by atoms with van der Waals surface area (Å²) < 4.78 is 4.97. The molecule has 44 heavy (non-hydrogen) atoms. The van der Waals surface area contributed by atoms with Gasteiger partial charge >= 0.3 is 0 Å². The van der Waals surface area contributed by atoms with Gasteiger partial charge in [0.1, 0.15) is 0 Å². The minimum absolute atomic E-state index is 0.938. The molecule has 4 aromatic heterocycles. The van der Waals surface area contributed by atoms with Crippen molar-refractivity contribution in [1.82, 2.24) is 14.5 Å². The van der Waals surface area contributed by atoms with Gasteiger partial charge in [0.05, 0.1) is 39.3 Å². The second-order valence-corrected chi connectivity index (χ2v) is 12.1. The molecular weight excluding hydrogens is 555 g/mol. The first-order chi connectivity index (χ1) is 21.8. The molecule has 0 spiro atoms. The van der Waals surface area contributed by atoms with Crippen molar-refractivity contribution in [1.29, 1.82) is 0 Å². The topological polar surface area (TPSA) is 30.7 Å². The normalized spacial score (nSPS) is 11.6. The molecular formula is C40H25N3S. The van der Waals surface area contributed by atoms with Gasteiger partial charge in [-0.25, -0.2) is 9.97 Å². The Morgan fingerprint density at radius 3 is 1.70 bits per heavy atom. The summed E-state index contributed by atoms with van der Waals surface area (Å²) in [5.74, 6) is 0. The van der Waals surface area contributed by atoms with Crippen LogP contribution in [-0.4, -0.2) is 14.5 Å². The van der Waals surface area contributed by atoms with Gasteiger partial charge in [-0.15, -0.1) is 11.3 Å². The van der Waals surface area contributed by atoms with Crippen molar-refractivity contribution in [3.8, 4) is 39.5 Å².